The maximum atomic E-state index is 4.18. The lowest BCUT2D eigenvalue weighted by molar-refractivity contribution is 1.42. The minimum atomic E-state index is 1.09. The predicted molar refractivity (Wildman–Crippen MR) is 45.4 cm³/mol. The van der Waals surface area contributed by atoms with Gasteiger partial charge in [0.15, 0.2) is 0 Å². The van der Waals surface area contributed by atoms with E-state index in [1.165, 1.54) is 5.56 Å². The van der Waals surface area contributed by atoms with Crippen molar-refractivity contribution < 1.29 is 0 Å². The van der Waals surface area contributed by atoms with E-state index in [9.17, 15) is 0 Å². The van der Waals surface area contributed by atoms with Gasteiger partial charge in [0.05, 0.1) is 11.2 Å². The molecule has 0 aliphatic heterocycles. The van der Waals surface area contributed by atoms with E-state index in [2.05, 4.69) is 27.2 Å². The predicted octanol–water partition coefficient (Wildman–Crippen LogP) is 2.87. The molecule has 2 heterocycles. The van der Waals surface area contributed by atoms with Gasteiger partial charge in [-0.05, 0) is 11.4 Å². The molecule has 50 valence electrons. The molecule has 0 aliphatic rings. The number of nitrogens with zero attached hydrogens (tertiary/aromatic N) is 1. The van der Waals surface area contributed by atoms with Gasteiger partial charge < -0.3 is 0 Å². The van der Waals surface area contributed by atoms with Gasteiger partial charge in [-0.15, -0.1) is 11.3 Å². The first-order chi connectivity index (χ1) is 4.97. The van der Waals surface area contributed by atoms with Gasteiger partial charge in [-0.2, -0.15) is 11.3 Å². The van der Waals surface area contributed by atoms with Crippen LogP contribution in [0.15, 0.2) is 27.7 Å². The minimum Gasteiger partial charge on any atom is -0.245 e. The summed E-state index contributed by atoms with van der Waals surface area (Å²) in [5.74, 6) is 0. The summed E-state index contributed by atoms with van der Waals surface area (Å²) in [5.41, 5.74) is 4.17. The quantitative estimate of drug-likeness (QED) is 0.636. The van der Waals surface area contributed by atoms with E-state index < -0.39 is 0 Å². The van der Waals surface area contributed by atoms with Crippen LogP contribution < -0.4 is 0 Å². The molecule has 3 heteroatoms. The molecule has 1 nitrogen and oxygen atoms in total. The van der Waals surface area contributed by atoms with E-state index >= 15 is 0 Å². The minimum absolute atomic E-state index is 1.09. The Labute approximate surface area is 67.0 Å². The van der Waals surface area contributed by atoms with Gasteiger partial charge in [0.25, 0.3) is 0 Å². The fourth-order valence-electron chi connectivity index (χ4n) is 0.765. The highest BCUT2D eigenvalue weighted by molar-refractivity contribution is 7.08. The highest BCUT2D eigenvalue weighted by Crippen LogP contribution is 2.20. The topological polar surface area (TPSA) is 12.9 Å². The second kappa shape index (κ2) is 2.52. The molecular weight excluding hydrogens is 162 g/mol. The Hall–Kier alpha value is -0.670. The van der Waals surface area contributed by atoms with E-state index in [1.807, 2.05) is 5.51 Å². The number of thiazole rings is 1. The van der Waals surface area contributed by atoms with Gasteiger partial charge in [-0.3, -0.25) is 0 Å². The van der Waals surface area contributed by atoms with Gasteiger partial charge in [0, 0.05) is 16.3 Å². The third-order valence-electron chi connectivity index (χ3n) is 1.25. The summed E-state index contributed by atoms with van der Waals surface area (Å²) in [6.07, 6.45) is 0. The average Bonchev–Trinajstić information content (AvgIpc) is 2.59. The number of thiophene rings is 1. The van der Waals surface area contributed by atoms with Crippen LogP contribution in [-0.2, 0) is 0 Å². The molecule has 0 radical (unpaired) electrons. The lowest BCUT2D eigenvalue weighted by Gasteiger charge is -1.84. The molecular formula is C7H5NS2. The van der Waals surface area contributed by atoms with Crippen molar-refractivity contribution in [2.45, 2.75) is 0 Å². The first-order valence-corrected chi connectivity index (χ1v) is 4.76. The molecule has 0 aliphatic carbocycles. The molecule has 2 aromatic heterocycles. The summed E-state index contributed by atoms with van der Waals surface area (Å²) in [6, 6.07) is 2.08. The van der Waals surface area contributed by atoms with E-state index in [0.29, 0.717) is 0 Å². The van der Waals surface area contributed by atoms with Crippen molar-refractivity contribution in [3.63, 3.8) is 0 Å². The van der Waals surface area contributed by atoms with Gasteiger partial charge in [0.1, 0.15) is 0 Å². The molecule has 0 N–H and O–H groups in total. The third kappa shape index (κ3) is 0.978. The van der Waals surface area contributed by atoms with E-state index in [4.69, 9.17) is 0 Å². The van der Waals surface area contributed by atoms with Crippen molar-refractivity contribution in [2.24, 2.45) is 0 Å². The van der Waals surface area contributed by atoms with Crippen LogP contribution in [0, 0.1) is 0 Å². The van der Waals surface area contributed by atoms with Gasteiger partial charge in [-0.25, -0.2) is 4.98 Å². The fraction of sp³-hybridized carbons (Fsp3) is 0. The maximum absolute atomic E-state index is 4.18. The Bertz CT molecular complexity index is 251. The van der Waals surface area contributed by atoms with Crippen LogP contribution in [0.25, 0.3) is 11.3 Å². The molecule has 0 fully saturated rings. The number of aromatic nitrogens is 1. The Morgan fingerprint density at radius 1 is 1.20 bits per heavy atom. The summed E-state index contributed by atoms with van der Waals surface area (Å²) >= 11 is 3.33. The zero-order valence-corrected chi connectivity index (χ0v) is 6.78. The van der Waals surface area contributed by atoms with Crippen LogP contribution in [-0.4, -0.2) is 4.98 Å². The number of hydrogen-bond acceptors (Lipinski definition) is 3. The molecule has 2 aromatic rings. The zero-order chi connectivity index (χ0) is 6.81. The Balaban J connectivity index is 2.48. The summed E-state index contributed by atoms with van der Waals surface area (Å²) < 4.78 is 0. The largest absolute Gasteiger partial charge is 0.245 e. The van der Waals surface area contributed by atoms with Crippen molar-refractivity contribution in [1.82, 2.24) is 4.98 Å². The van der Waals surface area contributed by atoms with Crippen molar-refractivity contribution >= 4 is 22.7 Å². The van der Waals surface area contributed by atoms with Crippen LogP contribution in [0.5, 0.6) is 0 Å². The average molecular weight is 167 g/mol. The smallest absolute Gasteiger partial charge is 0.0819 e. The fourth-order valence-corrected chi connectivity index (χ4v) is 1.98. The van der Waals surface area contributed by atoms with Crippen LogP contribution in [0.3, 0.4) is 0 Å². The summed E-state index contributed by atoms with van der Waals surface area (Å²) in [4.78, 5) is 4.18. The summed E-state index contributed by atoms with van der Waals surface area (Å²) in [5, 5.41) is 6.23. The van der Waals surface area contributed by atoms with Crippen LogP contribution >= 0.6 is 22.7 Å². The molecule has 0 saturated heterocycles. The van der Waals surface area contributed by atoms with Crippen molar-refractivity contribution in [3.05, 3.63) is 27.7 Å². The van der Waals surface area contributed by atoms with Crippen LogP contribution in [0.1, 0.15) is 0 Å². The molecule has 0 spiro atoms. The van der Waals surface area contributed by atoms with E-state index in [1.54, 1.807) is 22.7 Å². The van der Waals surface area contributed by atoms with Crippen LogP contribution in [0.4, 0.5) is 0 Å². The standard InChI is InChI=1S/C7H5NS2/c1-2-9-3-6(1)7-4-10-5-8-7/h1-5H. The van der Waals surface area contributed by atoms with E-state index in [0.717, 1.165) is 5.69 Å². The molecule has 0 unspecified atom stereocenters. The molecule has 2 rings (SSSR count). The molecule has 0 atom stereocenters. The normalized spacial score (nSPS) is 10.0. The summed E-state index contributed by atoms with van der Waals surface area (Å²) in [7, 11) is 0. The lowest BCUT2D eigenvalue weighted by atomic mass is 10.3. The van der Waals surface area contributed by atoms with E-state index in [-0.39, 0.29) is 0 Å². The molecule has 0 bridgehead atoms. The van der Waals surface area contributed by atoms with Crippen molar-refractivity contribution in [3.8, 4) is 11.3 Å². The zero-order valence-electron chi connectivity index (χ0n) is 5.15. The molecule has 0 amide bonds. The highest BCUT2D eigenvalue weighted by atomic mass is 32.1. The van der Waals surface area contributed by atoms with Gasteiger partial charge >= 0.3 is 0 Å². The SMILES string of the molecule is c1cc(-c2cscn2)cs1. The molecule has 0 saturated carbocycles. The third-order valence-corrected chi connectivity index (χ3v) is 2.52. The van der Waals surface area contributed by atoms with Gasteiger partial charge in [-0.1, -0.05) is 0 Å². The lowest BCUT2D eigenvalue weighted by Crippen LogP contribution is -1.67. The Morgan fingerprint density at radius 3 is 2.80 bits per heavy atom. The number of hydrogen-bond donors (Lipinski definition) is 0. The first kappa shape index (κ1) is 6.07. The molecule has 0 aromatic carbocycles. The van der Waals surface area contributed by atoms with Gasteiger partial charge in [0.2, 0.25) is 0 Å². The van der Waals surface area contributed by atoms with Crippen molar-refractivity contribution in [2.75, 3.05) is 0 Å². The van der Waals surface area contributed by atoms with Crippen molar-refractivity contribution in [1.29, 1.82) is 0 Å². The number of rotatable bonds is 1. The Kier molecular flexibility index (Phi) is 1.53. The Morgan fingerprint density at radius 2 is 2.20 bits per heavy atom. The highest BCUT2D eigenvalue weighted by Gasteiger charge is 1.96. The second-order valence-corrected chi connectivity index (χ2v) is 3.38. The molecule has 10 heavy (non-hydrogen) atoms. The summed E-state index contributed by atoms with van der Waals surface area (Å²) in [6.45, 7) is 0. The second-order valence-electron chi connectivity index (χ2n) is 1.89. The maximum Gasteiger partial charge on any atom is 0.0819 e. The monoisotopic (exact) mass is 167 g/mol. The first-order valence-electron chi connectivity index (χ1n) is 2.87. The van der Waals surface area contributed by atoms with Crippen LogP contribution in [0.2, 0.25) is 0 Å².